The first kappa shape index (κ1) is 26.6. The van der Waals surface area contributed by atoms with Gasteiger partial charge in [0, 0.05) is 24.2 Å². The second kappa shape index (κ2) is 14.6. The minimum absolute atomic E-state index is 0. The minimum Gasteiger partial charge on any atom is -0.491 e. The Morgan fingerprint density at radius 3 is 2.73 bits per heavy atom. The number of aliphatic hydroxyl groups excluding tert-OH is 1. The Balaban J connectivity index is 0.00000450. The highest BCUT2D eigenvalue weighted by molar-refractivity contribution is 14.0. The summed E-state index contributed by atoms with van der Waals surface area (Å²) in [6.45, 7) is 9.94. The summed E-state index contributed by atoms with van der Waals surface area (Å²) in [7, 11) is 0. The van der Waals surface area contributed by atoms with Crippen molar-refractivity contribution in [3.63, 3.8) is 0 Å². The highest BCUT2D eigenvalue weighted by atomic mass is 127. The zero-order valence-corrected chi connectivity index (χ0v) is 21.5. The van der Waals surface area contributed by atoms with Crippen LogP contribution >= 0.6 is 35.3 Å². The smallest absolute Gasteiger partial charge is 0.191 e. The largest absolute Gasteiger partial charge is 0.491 e. The van der Waals surface area contributed by atoms with Gasteiger partial charge in [0.2, 0.25) is 0 Å². The Kier molecular flexibility index (Phi) is 13.0. The molecule has 0 fully saturated rings. The van der Waals surface area contributed by atoms with Gasteiger partial charge in [0.25, 0.3) is 0 Å². The first-order chi connectivity index (χ1) is 14.0. The third-order valence-electron chi connectivity index (χ3n) is 4.16. The van der Waals surface area contributed by atoms with E-state index in [1.807, 2.05) is 52.0 Å². The van der Waals surface area contributed by atoms with E-state index < -0.39 is 6.10 Å². The molecule has 1 unspecified atom stereocenters. The van der Waals surface area contributed by atoms with Gasteiger partial charge in [-0.05, 0) is 64.7 Å². The SMILES string of the molecule is CCNC(=NCC(O)c1cccc(OC(C)C)c1)NCCCCc1nc(C)cs1.I. The van der Waals surface area contributed by atoms with E-state index in [1.54, 1.807) is 11.3 Å². The van der Waals surface area contributed by atoms with Crippen LogP contribution in [-0.4, -0.2) is 41.8 Å². The molecule has 8 heteroatoms. The quantitative estimate of drug-likeness (QED) is 0.168. The molecular weight excluding hydrogens is 511 g/mol. The highest BCUT2D eigenvalue weighted by Gasteiger charge is 2.09. The van der Waals surface area contributed by atoms with E-state index in [2.05, 4.69) is 26.0 Å². The fourth-order valence-corrected chi connectivity index (χ4v) is 3.64. The molecule has 0 saturated heterocycles. The van der Waals surface area contributed by atoms with Gasteiger partial charge in [-0.1, -0.05) is 12.1 Å². The number of hydrogen-bond acceptors (Lipinski definition) is 5. The van der Waals surface area contributed by atoms with Crippen molar-refractivity contribution in [3.05, 3.63) is 45.9 Å². The van der Waals surface area contributed by atoms with Crippen LogP contribution in [-0.2, 0) is 6.42 Å². The molecule has 0 saturated carbocycles. The lowest BCUT2D eigenvalue weighted by Crippen LogP contribution is -2.38. The van der Waals surface area contributed by atoms with Gasteiger partial charge in [-0.3, -0.25) is 4.99 Å². The number of nitrogens with zero attached hydrogens (tertiary/aromatic N) is 2. The number of aromatic nitrogens is 1. The molecule has 6 nitrogen and oxygen atoms in total. The van der Waals surface area contributed by atoms with Gasteiger partial charge < -0.3 is 20.5 Å². The fourth-order valence-electron chi connectivity index (χ4n) is 2.82. The molecule has 0 spiro atoms. The number of guanidine groups is 1. The fraction of sp³-hybridized carbons (Fsp3) is 0.545. The van der Waals surface area contributed by atoms with Crippen molar-refractivity contribution < 1.29 is 9.84 Å². The summed E-state index contributed by atoms with van der Waals surface area (Å²) >= 11 is 1.73. The Morgan fingerprint density at radius 1 is 1.27 bits per heavy atom. The molecule has 2 rings (SSSR count). The van der Waals surface area contributed by atoms with Crippen LogP contribution in [0.4, 0.5) is 0 Å². The number of unbranched alkanes of at least 4 members (excludes halogenated alkanes) is 1. The summed E-state index contributed by atoms with van der Waals surface area (Å²) in [5.74, 6) is 1.49. The molecule has 0 aliphatic heterocycles. The van der Waals surface area contributed by atoms with E-state index >= 15 is 0 Å². The molecule has 1 aromatic heterocycles. The van der Waals surface area contributed by atoms with E-state index in [9.17, 15) is 5.11 Å². The number of nitrogens with one attached hydrogen (secondary N) is 2. The van der Waals surface area contributed by atoms with E-state index in [0.717, 1.165) is 55.3 Å². The Bertz CT molecular complexity index is 767. The van der Waals surface area contributed by atoms with Gasteiger partial charge >= 0.3 is 0 Å². The molecule has 168 valence electrons. The third-order valence-corrected chi connectivity index (χ3v) is 5.18. The summed E-state index contributed by atoms with van der Waals surface area (Å²) in [6.07, 6.45) is 2.57. The first-order valence-corrected chi connectivity index (χ1v) is 11.2. The van der Waals surface area contributed by atoms with Crippen LogP contribution in [0.1, 0.15) is 56.0 Å². The molecule has 2 aromatic rings. The molecule has 1 heterocycles. The molecule has 0 bridgehead atoms. The molecule has 0 aliphatic carbocycles. The molecule has 0 amide bonds. The number of aryl methyl sites for hydroxylation is 2. The molecule has 0 radical (unpaired) electrons. The maximum absolute atomic E-state index is 10.5. The summed E-state index contributed by atoms with van der Waals surface area (Å²) in [6, 6.07) is 7.57. The van der Waals surface area contributed by atoms with Crippen LogP contribution in [0.2, 0.25) is 0 Å². The van der Waals surface area contributed by atoms with Gasteiger partial charge in [0.1, 0.15) is 5.75 Å². The Morgan fingerprint density at radius 2 is 2.07 bits per heavy atom. The number of aliphatic hydroxyl groups is 1. The van der Waals surface area contributed by atoms with Crippen molar-refractivity contribution in [1.29, 1.82) is 0 Å². The average Bonchev–Trinajstić information content (AvgIpc) is 3.10. The molecule has 3 N–H and O–H groups in total. The second-order valence-corrected chi connectivity index (χ2v) is 8.18. The van der Waals surface area contributed by atoms with Crippen molar-refractivity contribution in [2.75, 3.05) is 19.6 Å². The standard InChI is InChI=1S/C22H34N4O2S.HI/c1-5-23-22(24-12-7-6-11-21-26-17(4)15-29-21)25-14-20(27)18-9-8-10-19(13-18)28-16(2)3;/h8-10,13,15-16,20,27H,5-7,11-12,14H2,1-4H3,(H2,23,24,25);1H. The maximum Gasteiger partial charge on any atom is 0.191 e. The van der Waals surface area contributed by atoms with Gasteiger partial charge in [-0.15, -0.1) is 35.3 Å². The lowest BCUT2D eigenvalue weighted by molar-refractivity contribution is 0.185. The molecular formula is C22H35IN4O2S. The number of halogens is 1. The Labute approximate surface area is 201 Å². The number of hydrogen-bond donors (Lipinski definition) is 3. The lowest BCUT2D eigenvalue weighted by Gasteiger charge is -2.15. The zero-order chi connectivity index (χ0) is 21.1. The van der Waals surface area contributed by atoms with E-state index in [1.165, 1.54) is 5.01 Å². The van der Waals surface area contributed by atoms with E-state index in [-0.39, 0.29) is 30.1 Å². The van der Waals surface area contributed by atoms with Crippen molar-refractivity contribution in [1.82, 2.24) is 15.6 Å². The van der Waals surface area contributed by atoms with E-state index in [4.69, 9.17) is 4.74 Å². The summed E-state index contributed by atoms with van der Waals surface area (Å²) in [5.41, 5.74) is 1.91. The van der Waals surface area contributed by atoms with Gasteiger partial charge in [-0.25, -0.2) is 4.98 Å². The topological polar surface area (TPSA) is 78.8 Å². The maximum atomic E-state index is 10.5. The second-order valence-electron chi connectivity index (χ2n) is 7.24. The molecule has 0 aliphatic rings. The van der Waals surface area contributed by atoms with Gasteiger partial charge in [-0.2, -0.15) is 0 Å². The van der Waals surface area contributed by atoms with Crippen LogP contribution in [0.15, 0.2) is 34.6 Å². The summed E-state index contributed by atoms with van der Waals surface area (Å²) in [4.78, 5) is 9.03. The van der Waals surface area contributed by atoms with Gasteiger partial charge in [0.05, 0.1) is 23.8 Å². The molecule has 1 atom stereocenters. The van der Waals surface area contributed by atoms with Crippen molar-refractivity contribution in [2.45, 2.75) is 59.2 Å². The van der Waals surface area contributed by atoms with E-state index in [0.29, 0.717) is 6.54 Å². The van der Waals surface area contributed by atoms with Crippen LogP contribution in [0, 0.1) is 6.92 Å². The summed E-state index contributed by atoms with van der Waals surface area (Å²) in [5, 5.41) is 20.4. The van der Waals surface area contributed by atoms with Crippen LogP contribution in [0.3, 0.4) is 0 Å². The predicted octanol–water partition coefficient (Wildman–Crippen LogP) is 4.47. The minimum atomic E-state index is -0.672. The van der Waals surface area contributed by atoms with Crippen LogP contribution in [0.25, 0.3) is 0 Å². The number of aliphatic imine (C=N–C) groups is 1. The monoisotopic (exact) mass is 546 g/mol. The zero-order valence-electron chi connectivity index (χ0n) is 18.4. The third kappa shape index (κ3) is 10.1. The lowest BCUT2D eigenvalue weighted by atomic mass is 10.1. The first-order valence-electron chi connectivity index (χ1n) is 10.4. The molecule has 30 heavy (non-hydrogen) atoms. The average molecular weight is 547 g/mol. The van der Waals surface area contributed by atoms with Crippen LogP contribution in [0.5, 0.6) is 5.75 Å². The van der Waals surface area contributed by atoms with Crippen LogP contribution < -0.4 is 15.4 Å². The van der Waals surface area contributed by atoms with Gasteiger partial charge in [0.15, 0.2) is 5.96 Å². The normalized spacial score (nSPS) is 12.4. The molecule has 1 aromatic carbocycles. The number of benzene rings is 1. The highest BCUT2D eigenvalue weighted by Crippen LogP contribution is 2.20. The number of rotatable bonds is 11. The predicted molar refractivity (Wildman–Crippen MR) is 136 cm³/mol. The van der Waals surface area contributed by atoms with Crippen molar-refractivity contribution in [2.24, 2.45) is 4.99 Å². The number of thiazole rings is 1. The Hall–Kier alpha value is -1.39. The summed E-state index contributed by atoms with van der Waals surface area (Å²) < 4.78 is 5.70. The van der Waals surface area contributed by atoms with Crippen molar-refractivity contribution >= 4 is 41.3 Å². The number of ether oxygens (including phenoxy) is 1. The van der Waals surface area contributed by atoms with Crippen molar-refractivity contribution in [3.8, 4) is 5.75 Å².